The molecule has 6 nitrogen and oxygen atoms in total. The number of amides is 1. The van der Waals surface area contributed by atoms with Gasteiger partial charge in [0.05, 0.1) is 14.2 Å². The summed E-state index contributed by atoms with van der Waals surface area (Å²) < 4.78 is 15.4. The molecular weight excluding hydrogens is 382 g/mol. The molecule has 0 atom stereocenters. The molecule has 2 aromatic carbocycles. The Morgan fingerprint density at radius 2 is 1.89 bits per heavy atom. The van der Waals surface area contributed by atoms with Crippen LogP contribution in [0.2, 0.25) is 5.02 Å². The van der Waals surface area contributed by atoms with E-state index in [0.717, 1.165) is 5.56 Å². The lowest BCUT2D eigenvalue weighted by atomic mass is 10.1. The quantitative estimate of drug-likeness (QED) is 0.513. The molecular formula is C21H22ClNO5. The van der Waals surface area contributed by atoms with Gasteiger partial charge >= 0.3 is 5.97 Å². The van der Waals surface area contributed by atoms with Crippen LogP contribution in [-0.4, -0.2) is 39.2 Å². The first-order chi connectivity index (χ1) is 13.5. The van der Waals surface area contributed by atoms with Crippen molar-refractivity contribution in [2.75, 3.05) is 27.4 Å². The van der Waals surface area contributed by atoms with E-state index >= 15 is 0 Å². The summed E-state index contributed by atoms with van der Waals surface area (Å²) in [7, 11) is 3.05. The molecule has 7 heteroatoms. The van der Waals surface area contributed by atoms with Crippen molar-refractivity contribution in [3.05, 3.63) is 64.7 Å². The predicted molar refractivity (Wildman–Crippen MR) is 108 cm³/mol. The third-order valence-corrected chi connectivity index (χ3v) is 4.04. The Bertz CT molecular complexity index is 850. The van der Waals surface area contributed by atoms with E-state index < -0.39 is 5.97 Å². The molecule has 1 N–H and O–H groups in total. The number of hydrogen-bond donors (Lipinski definition) is 1. The molecule has 148 valence electrons. The monoisotopic (exact) mass is 403 g/mol. The summed E-state index contributed by atoms with van der Waals surface area (Å²) in [6.07, 6.45) is 3.41. The van der Waals surface area contributed by atoms with E-state index in [1.807, 2.05) is 18.2 Å². The van der Waals surface area contributed by atoms with Crippen LogP contribution in [0.3, 0.4) is 0 Å². The van der Waals surface area contributed by atoms with Crippen molar-refractivity contribution in [3.8, 4) is 11.5 Å². The van der Waals surface area contributed by atoms with Crippen molar-refractivity contribution in [1.82, 2.24) is 5.32 Å². The normalized spacial score (nSPS) is 10.5. The number of nitrogens with one attached hydrogen (secondary N) is 1. The van der Waals surface area contributed by atoms with Crippen molar-refractivity contribution in [2.24, 2.45) is 0 Å². The summed E-state index contributed by atoms with van der Waals surface area (Å²) in [5.74, 6) is 0.0579. The molecule has 0 aliphatic heterocycles. The molecule has 0 saturated carbocycles. The van der Waals surface area contributed by atoms with Gasteiger partial charge in [0.15, 0.2) is 18.1 Å². The fourth-order valence-corrected chi connectivity index (χ4v) is 2.69. The standard InChI is InChI=1S/C21H22ClNO5/c1-26-18-8-4-6-16(21(18)27-2)9-10-20(25)28-14-19(24)23-12-11-15-5-3-7-17(22)13-15/h3-10,13H,11-12,14H2,1-2H3,(H,23,24)/b10-9+. The van der Waals surface area contributed by atoms with Crippen molar-refractivity contribution in [3.63, 3.8) is 0 Å². The van der Waals surface area contributed by atoms with Crippen LogP contribution in [0.1, 0.15) is 11.1 Å². The highest BCUT2D eigenvalue weighted by Gasteiger charge is 2.08. The molecule has 0 unspecified atom stereocenters. The lowest BCUT2D eigenvalue weighted by Gasteiger charge is -2.09. The average molecular weight is 404 g/mol. The van der Waals surface area contributed by atoms with Gasteiger partial charge in [-0.3, -0.25) is 4.79 Å². The first-order valence-electron chi connectivity index (χ1n) is 8.60. The lowest BCUT2D eigenvalue weighted by Crippen LogP contribution is -2.30. The topological polar surface area (TPSA) is 73.9 Å². The molecule has 0 bridgehead atoms. The van der Waals surface area contributed by atoms with E-state index in [4.69, 9.17) is 25.8 Å². The summed E-state index contributed by atoms with van der Waals surface area (Å²) in [5, 5.41) is 3.34. The molecule has 0 fully saturated rings. The maximum atomic E-state index is 11.8. The predicted octanol–water partition coefficient (Wildman–Crippen LogP) is 3.27. The maximum absolute atomic E-state index is 11.8. The SMILES string of the molecule is COc1cccc(/C=C/C(=O)OCC(=O)NCCc2cccc(Cl)c2)c1OC. The molecule has 2 aromatic rings. The molecule has 1 amide bonds. The number of rotatable bonds is 9. The van der Waals surface area contributed by atoms with Gasteiger partial charge in [0.25, 0.3) is 5.91 Å². The van der Waals surface area contributed by atoms with Crippen LogP contribution in [0.25, 0.3) is 6.08 Å². The molecule has 0 spiro atoms. The van der Waals surface area contributed by atoms with Crippen molar-refractivity contribution in [1.29, 1.82) is 0 Å². The van der Waals surface area contributed by atoms with Crippen LogP contribution in [0.4, 0.5) is 0 Å². The second-order valence-electron chi connectivity index (χ2n) is 5.75. The lowest BCUT2D eigenvalue weighted by molar-refractivity contribution is -0.143. The van der Waals surface area contributed by atoms with Gasteiger partial charge in [0.2, 0.25) is 0 Å². The highest BCUT2D eigenvalue weighted by molar-refractivity contribution is 6.30. The second-order valence-corrected chi connectivity index (χ2v) is 6.19. The Kier molecular flexibility index (Phi) is 8.37. The fraction of sp³-hybridized carbons (Fsp3) is 0.238. The van der Waals surface area contributed by atoms with Crippen molar-refractivity contribution >= 4 is 29.6 Å². The van der Waals surface area contributed by atoms with Crippen LogP contribution in [-0.2, 0) is 20.7 Å². The Balaban J connectivity index is 1.77. The molecule has 28 heavy (non-hydrogen) atoms. The maximum Gasteiger partial charge on any atom is 0.331 e. The van der Waals surface area contributed by atoms with Gasteiger partial charge in [-0.1, -0.05) is 35.9 Å². The Morgan fingerprint density at radius 3 is 2.61 bits per heavy atom. The molecule has 0 saturated heterocycles. The number of halogens is 1. The van der Waals surface area contributed by atoms with E-state index in [1.165, 1.54) is 20.3 Å². The van der Waals surface area contributed by atoms with E-state index in [-0.39, 0.29) is 12.5 Å². The van der Waals surface area contributed by atoms with Crippen LogP contribution < -0.4 is 14.8 Å². The van der Waals surface area contributed by atoms with Gasteiger partial charge in [-0.2, -0.15) is 0 Å². The number of para-hydroxylation sites is 1. The largest absolute Gasteiger partial charge is 0.493 e. The zero-order valence-electron chi connectivity index (χ0n) is 15.7. The number of ether oxygens (including phenoxy) is 3. The first-order valence-corrected chi connectivity index (χ1v) is 8.98. The zero-order valence-corrected chi connectivity index (χ0v) is 16.5. The number of hydrogen-bond acceptors (Lipinski definition) is 5. The van der Waals surface area contributed by atoms with Gasteiger partial charge in [-0.05, 0) is 36.3 Å². The molecule has 0 radical (unpaired) electrons. The van der Waals surface area contributed by atoms with Gasteiger partial charge in [-0.15, -0.1) is 0 Å². The van der Waals surface area contributed by atoms with Gasteiger partial charge in [0.1, 0.15) is 0 Å². The van der Waals surface area contributed by atoms with Crippen LogP contribution >= 0.6 is 11.6 Å². The number of carbonyl (C=O) groups excluding carboxylic acids is 2. The van der Waals surface area contributed by atoms with E-state index in [2.05, 4.69) is 5.32 Å². The van der Waals surface area contributed by atoms with Crippen LogP contribution in [0, 0.1) is 0 Å². The number of benzene rings is 2. The van der Waals surface area contributed by atoms with E-state index in [9.17, 15) is 9.59 Å². The van der Waals surface area contributed by atoms with Crippen LogP contribution in [0.15, 0.2) is 48.5 Å². The minimum Gasteiger partial charge on any atom is -0.493 e. The van der Waals surface area contributed by atoms with Gasteiger partial charge in [0, 0.05) is 23.2 Å². The summed E-state index contributed by atoms with van der Waals surface area (Å²) in [6.45, 7) is 0.0710. The molecule has 2 rings (SSSR count). The average Bonchev–Trinajstić information content (AvgIpc) is 2.70. The molecule has 0 aromatic heterocycles. The van der Waals surface area contributed by atoms with E-state index in [1.54, 1.807) is 30.3 Å². The second kappa shape index (κ2) is 11.0. The Hall–Kier alpha value is -2.99. The fourth-order valence-electron chi connectivity index (χ4n) is 2.48. The summed E-state index contributed by atoms with van der Waals surface area (Å²) in [6, 6.07) is 12.7. The summed E-state index contributed by atoms with van der Waals surface area (Å²) in [4.78, 5) is 23.6. The smallest absolute Gasteiger partial charge is 0.331 e. The number of esters is 1. The van der Waals surface area contributed by atoms with E-state index in [0.29, 0.717) is 35.1 Å². The highest BCUT2D eigenvalue weighted by atomic mass is 35.5. The number of carbonyl (C=O) groups is 2. The molecule has 0 aliphatic carbocycles. The summed E-state index contributed by atoms with van der Waals surface area (Å²) in [5.41, 5.74) is 1.67. The minimum absolute atomic E-state index is 0.353. The van der Waals surface area contributed by atoms with Crippen molar-refractivity contribution < 1.29 is 23.8 Å². The Labute approximate surface area is 169 Å². The number of methoxy groups -OCH3 is 2. The molecule has 0 aliphatic rings. The Morgan fingerprint density at radius 1 is 1.11 bits per heavy atom. The third-order valence-electron chi connectivity index (χ3n) is 3.80. The minimum atomic E-state index is -0.630. The third kappa shape index (κ3) is 6.63. The zero-order chi connectivity index (χ0) is 20.4. The first kappa shape index (κ1) is 21.3. The van der Waals surface area contributed by atoms with Gasteiger partial charge in [-0.25, -0.2) is 4.79 Å². The van der Waals surface area contributed by atoms with Crippen LogP contribution in [0.5, 0.6) is 11.5 Å². The van der Waals surface area contributed by atoms with Gasteiger partial charge < -0.3 is 19.5 Å². The van der Waals surface area contributed by atoms with Crippen molar-refractivity contribution in [2.45, 2.75) is 6.42 Å². The highest BCUT2D eigenvalue weighted by Crippen LogP contribution is 2.31. The summed E-state index contributed by atoms with van der Waals surface area (Å²) >= 11 is 5.91. The molecule has 0 heterocycles.